The van der Waals surface area contributed by atoms with Crippen molar-refractivity contribution < 1.29 is 0 Å². The summed E-state index contributed by atoms with van der Waals surface area (Å²) in [6.07, 6.45) is 0. The van der Waals surface area contributed by atoms with E-state index in [1.165, 1.54) is 0 Å². The van der Waals surface area contributed by atoms with Gasteiger partial charge in [0.2, 0.25) is 0 Å². The van der Waals surface area contributed by atoms with E-state index in [1.54, 1.807) is 0 Å². The standard InChI is InChI=1S/C16H21N3/c1-18(2)14-13-17-19(15-9-5-3-6-10-15)16-11-7-4-8-12-16/h3-12,17H,13-14H2,1-2H3. The number of rotatable bonds is 6. The number of anilines is 2. The number of hydrazine groups is 1. The Kier molecular flexibility index (Phi) is 4.95. The third kappa shape index (κ3) is 4.09. The number of hydrogen-bond donors (Lipinski definition) is 1. The first-order chi connectivity index (χ1) is 9.27. The average molecular weight is 255 g/mol. The molecule has 0 bridgehead atoms. The second-order valence-corrected chi connectivity index (χ2v) is 4.72. The number of nitrogens with zero attached hydrogens (tertiary/aromatic N) is 2. The van der Waals surface area contributed by atoms with Gasteiger partial charge in [0.25, 0.3) is 0 Å². The second kappa shape index (κ2) is 6.92. The lowest BCUT2D eigenvalue weighted by molar-refractivity contribution is 0.401. The van der Waals surface area contributed by atoms with E-state index in [4.69, 9.17) is 0 Å². The summed E-state index contributed by atoms with van der Waals surface area (Å²) in [5.41, 5.74) is 5.77. The maximum atomic E-state index is 3.48. The van der Waals surface area contributed by atoms with Crippen LogP contribution in [0.4, 0.5) is 11.4 Å². The minimum Gasteiger partial charge on any atom is -0.308 e. The van der Waals surface area contributed by atoms with E-state index in [2.05, 4.69) is 78.0 Å². The van der Waals surface area contributed by atoms with Gasteiger partial charge in [-0.1, -0.05) is 36.4 Å². The van der Waals surface area contributed by atoms with Crippen molar-refractivity contribution in [2.45, 2.75) is 0 Å². The van der Waals surface area contributed by atoms with Crippen LogP contribution in [0.1, 0.15) is 0 Å². The summed E-state index contributed by atoms with van der Waals surface area (Å²) in [5.74, 6) is 0. The largest absolute Gasteiger partial charge is 0.308 e. The highest BCUT2D eigenvalue weighted by atomic mass is 15.5. The van der Waals surface area contributed by atoms with E-state index >= 15 is 0 Å². The quantitative estimate of drug-likeness (QED) is 0.801. The Morgan fingerprint density at radius 3 is 1.68 bits per heavy atom. The highest BCUT2D eigenvalue weighted by molar-refractivity contribution is 5.61. The first-order valence-electron chi connectivity index (χ1n) is 6.56. The van der Waals surface area contributed by atoms with Gasteiger partial charge in [-0.15, -0.1) is 0 Å². The summed E-state index contributed by atoms with van der Waals surface area (Å²) in [5, 5.41) is 2.13. The van der Waals surface area contributed by atoms with Gasteiger partial charge in [0.15, 0.2) is 0 Å². The zero-order chi connectivity index (χ0) is 13.5. The minimum atomic E-state index is 0.900. The lowest BCUT2D eigenvalue weighted by atomic mass is 10.2. The zero-order valence-corrected chi connectivity index (χ0v) is 11.6. The summed E-state index contributed by atoms with van der Waals surface area (Å²) >= 11 is 0. The Morgan fingerprint density at radius 1 is 0.789 bits per heavy atom. The van der Waals surface area contributed by atoms with Crippen LogP contribution in [0, 0.1) is 0 Å². The van der Waals surface area contributed by atoms with E-state index in [0.717, 1.165) is 24.5 Å². The highest BCUT2D eigenvalue weighted by Gasteiger charge is 2.07. The number of para-hydroxylation sites is 2. The SMILES string of the molecule is CN(C)CCNN(c1ccccc1)c1ccccc1. The van der Waals surface area contributed by atoms with Crippen LogP contribution in [-0.2, 0) is 0 Å². The van der Waals surface area contributed by atoms with Crippen molar-refractivity contribution >= 4 is 11.4 Å². The molecule has 0 saturated heterocycles. The monoisotopic (exact) mass is 255 g/mol. The van der Waals surface area contributed by atoms with Crippen molar-refractivity contribution in [3.63, 3.8) is 0 Å². The fourth-order valence-corrected chi connectivity index (χ4v) is 1.87. The maximum absolute atomic E-state index is 3.48. The number of hydrogen-bond acceptors (Lipinski definition) is 3. The number of benzene rings is 2. The molecule has 0 saturated carbocycles. The number of likely N-dealkylation sites (N-methyl/N-ethyl adjacent to an activating group) is 1. The molecule has 2 aromatic rings. The van der Waals surface area contributed by atoms with Crippen molar-refractivity contribution in [3.8, 4) is 0 Å². The second-order valence-electron chi connectivity index (χ2n) is 4.72. The molecule has 1 N–H and O–H groups in total. The summed E-state index contributed by atoms with van der Waals surface area (Å²) in [4.78, 5) is 2.17. The van der Waals surface area contributed by atoms with Gasteiger partial charge in [-0.25, -0.2) is 5.43 Å². The molecule has 3 nitrogen and oxygen atoms in total. The first-order valence-corrected chi connectivity index (χ1v) is 6.56. The summed E-state index contributed by atoms with van der Waals surface area (Å²) in [7, 11) is 4.16. The molecular weight excluding hydrogens is 234 g/mol. The lowest BCUT2D eigenvalue weighted by Gasteiger charge is -2.26. The van der Waals surface area contributed by atoms with Crippen LogP contribution in [0.25, 0.3) is 0 Å². The Balaban J connectivity index is 2.14. The molecule has 19 heavy (non-hydrogen) atoms. The van der Waals surface area contributed by atoms with Gasteiger partial charge in [0.05, 0.1) is 11.4 Å². The molecule has 0 amide bonds. The molecule has 0 spiro atoms. The van der Waals surface area contributed by atoms with Crippen LogP contribution in [-0.4, -0.2) is 32.1 Å². The molecule has 0 aromatic heterocycles. The van der Waals surface area contributed by atoms with Crippen LogP contribution in [0.15, 0.2) is 60.7 Å². The Bertz CT molecular complexity index is 428. The molecule has 2 aromatic carbocycles. The molecule has 0 aliphatic rings. The Morgan fingerprint density at radius 2 is 1.26 bits per heavy atom. The van der Waals surface area contributed by atoms with Crippen LogP contribution in [0.3, 0.4) is 0 Å². The van der Waals surface area contributed by atoms with Gasteiger partial charge < -0.3 is 4.90 Å². The van der Waals surface area contributed by atoms with Crippen LogP contribution < -0.4 is 10.4 Å². The van der Waals surface area contributed by atoms with Gasteiger partial charge in [-0.3, -0.25) is 5.01 Å². The smallest absolute Gasteiger partial charge is 0.0577 e. The molecular formula is C16H21N3. The molecule has 0 aliphatic carbocycles. The summed E-state index contributed by atoms with van der Waals surface area (Å²) in [6, 6.07) is 20.7. The molecule has 0 radical (unpaired) electrons. The van der Waals surface area contributed by atoms with Crippen molar-refractivity contribution in [1.82, 2.24) is 10.3 Å². The molecule has 3 heteroatoms. The molecule has 0 atom stereocenters. The average Bonchev–Trinajstić information content (AvgIpc) is 2.45. The minimum absolute atomic E-state index is 0.900. The zero-order valence-electron chi connectivity index (χ0n) is 11.6. The van der Waals surface area contributed by atoms with Gasteiger partial charge in [-0.2, -0.15) is 0 Å². The van der Waals surface area contributed by atoms with Gasteiger partial charge in [0, 0.05) is 13.1 Å². The first kappa shape index (κ1) is 13.6. The van der Waals surface area contributed by atoms with Crippen molar-refractivity contribution in [2.24, 2.45) is 0 Å². The molecule has 2 rings (SSSR count). The van der Waals surface area contributed by atoms with E-state index in [-0.39, 0.29) is 0 Å². The molecule has 0 fully saturated rings. The van der Waals surface area contributed by atoms with Gasteiger partial charge >= 0.3 is 0 Å². The fraction of sp³-hybridized carbons (Fsp3) is 0.250. The van der Waals surface area contributed by atoms with Crippen molar-refractivity contribution in [1.29, 1.82) is 0 Å². The van der Waals surface area contributed by atoms with Gasteiger partial charge in [-0.05, 0) is 38.4 Å². The molecule has 0 aliphatic heterocycles. The Labute approximate surface area is 115 Å². The fourth-order valence-electron chi connectivity index (χ4n) is 1.87. The molecule has 0 unspecified atom stereocenters. The predicted octanol–water partition coefficient (Wildman–Crippen LogP) is 2.89. The van der Waals surface area contributed by atoms with E-state index in [9.17, 15) is 0 Å². The summed E-state index contributed by atoms with van der Waals surface area (Å²) in [6.45, 7) is 1.90. The van der Waals surface area contributed by atoms with Crippen LogP contribution in [0.2, 0.25) is 0 Å². The third-order valence-electron chi connectivity index (χ3n) is 2.86. The van der Waals surface area contributed by atoms with Crippen LogP contribution >= 0.6 is 0 Å². The third-order valence-corrected chi connectivity index (χ3v) is 2.86. The maximum Gasteiger partial charge on any atom is 0.0577 e. The topological polar surface area (TPSA) is 18.5 Å². The molecule has 0 heterocycles. The molecule has 100 valence electrons. The van der Waals surface area contributed by atoms with E-state index in [0.29, 0.717) is 0 Å². The van der Waals surface area contributed by atoms with E-state index in [1.807, 2.05) is 12.1 Å². The normalized spacial score (nSPS) is 10.7. The van der Waals surface area contributed by atoms with E-state index < -0.39 is 0 Å². The number of nitrogens with one attached hydrogen (secondary N) is 1. The van der Waals surface area contributed by atoms with Crippen molar-refractivity contribution in [3.05, 3.63) is 60.7 Å². The predicted molar refractivity (Wildman–Crippen MR) is 81.6 cm³/mol. The van der Waals surface area contributed by atoms with Crippen LogP contribution in [0.5, 0.6) is 0 Å². The Hall–Kier alpha value is -1.84. The lowest BCUT2D eigenvalue weighted by Crippen LogP contribution is -2.38. The van der Waals surface area contributed by atoms with Crippen molar-refractivity contribution in [2.75, 3.05) is 32.2 Å². The van der Waals surface area contributed by atoms with Gasteiger partial charge in [0.1, 0.15) is 0 Å². The highest BCUT2D eigenvalue weighted by Crippen LogP contribution is 2.22. The summed E-state index contributed by atoms with van der Waals surface area (Å²) < 4.78 is 0.